The summed E-state index contributed by atoms with van der Waals surface area (Å²) in [6, 6.07) is 14.0. The van der Waals surface area contributed by atoms with Gasteiger partial charge in [-0.05, 0) is 44.5 Å². The van der Waals surface area contributed by atoms with Crippen molar-refractivity contribution in [1.29, 1.82) is 0 Å². The van der Waals surface area contributed by atoms with Gasteiger partial charge in [-0.1, -0.05) is 58.8 Å². The van der Waals surface area contributed by atoms with Crippen LogP contribution in [0.5, 0.6) is 0 Å². The molecule has 23 heavy (non-hydrogen) atoms. The Hall–Kier alpha value is -1.78. The maximum absolute atomic E-state index is 6.24. The van der Waals surface area contributed by atoms with Crippen molar-refractivity contribution in [3.63, 3.8) is 0 Å². The van der Waals surface area contributed by atoms with Gasteiger partial charge in [-0.25, -0.2) is 0 Å². The molecule has 0 spiro atoms. The maximum Gasteiger partial charge on any atom is 0.277 e. The van der Waals surface area contributed by atoms with Gasteiger partial charge in [0.1, 0.15) is 0 Å². The molecule has 0 N–H and O–H groups in total. The van der Waals surface area contributed by atoms with Crippen molar-refractivity contribution in [2.24, 2.45) is 0 Å². The molecule has 0 fully saturated rings. The predicted octanol–water partition coefficient (Wildman–Crippen LogP) is 5.86. The Balaban J connectivity index is 1.81. The highest BCUT2D eigenvalue weighted by Crippen LogP contribution is 2.38. The molecule has 118 valence electrons. The van der Waals surface area contributed by atoms with Gasteiger partial charge in [0.25, 0.3) is 5.22 Å². The van der Waals surface area contributed by atoms with Crippen LogP contribution in [0.3, 0.4) is 0 Å². The van der Waals surface area contributed by atoms with Crippen LogP contribution in [0.1, 0.15) is 28.9 Å². The fourth-order valence-corrected chi connectivity index (χ4v) is 3.71. The summed E-state index contributed by atoms with van der Waals surface area (Å²) in [5.41, 5.74) is 4.37. The number of aryl methyl sites for hydroxylation is 2. The fourth-order valence-electron chi connectivity index (χ4n) is 2.49. The van der Waals surface area contributed by atoms with Crippen LogP contribution in [0.15, 0.2) is 52.1 Å². The second-order valence-corrected chi connectivity index (χ2v) is 7.23. The van der Waals surface area contributed by atoms with E-state index in [9.17, 15) is 0 Å². The van der Waals surface area contributed by atoms with Crippen molar-refractivity contribution < 1.29 is 4.42 Å². The SMILES string of the molecule is Cc1cc(C)cc(-c2nnc(SC(C)c3ccccc3Cl)o2)c1. The fraction of sp³-hybridized carbons (Fsp3) is 0.222. The standard InChI is InChI=1S/C18H17ClN2OS/c1-11-8-12(2)10-14(9-11)17-20-21-18(22-17)23-13(3)15-6-4-5-7-16(15)19/h4-10,13H,1-3H3. The topological polar surface area (TPSA) is 38.9 Å². The summed E-state index contributed by atoms with van der Waals surface area (Å²) < 4.78 is 5.81. The van der Waals surface area contributed by atoms with Gasteiger partial charge in [0.15, 0.2) is 0 Å². The monoisotopic (exact) mass is 344 g/mol. The van der Waals surface area contributed by atoms with Crippen LogP contribution >= 0.6 is 23.4 Å². The lowest BCUT2D eigenvalue weighted by atomic mass is 10.1. The van der Waals surface area contributed by atoms with E-state index in [0.29, 0.717) is 11.1 Å². The first-order chi connectivity index (χ1) is 11.0. The number of rotatable bonds is 4. The molecule has 1 atom stereocenters. The number of nitrogens with zero attached hydrogens (tertiary/aromatic N) is 2. The van der Waals surface area contributed by atoms with E-state index in [-0.39, 0.29) is 5.25 Å². The molecule has 0 aliphatic rings. The van der Waals surface area contributed by atoms with E-state index in [0.717, 1.165) is 16.1 Å². The van der Waals surface area contributed by atoms with E-state index in [1.807, 2.05) is 36.4 Å². The highest BCUT2D eigenvalue weighted by molar-refractivity contribution is 7.99. The molecule has 5 heteroatoms. The molecule has 0 aliphatic carbocycles. The molecule has 1 unspecified atom stereocenters. The second kappa shape index (κ2) is 6.77. The van der Waals surface area contributed by atoms with Crippen LogP contribution in [0.25, 0.3) is 11.5 Å². The Labute approximate surface area is 145 Å². The summed E-state index contributed by atoms with van der Waals surface area (Å²) in [7, 11) is 0. The molecule has 0 bridgehead atoms. The van der Waals surface area contributed by atoms with Gasteiger partial charge in [-0.3, -0.25) is 0 Å². The summed E-state index contributed by atoms with van der Waals surface area (Å²) in [4.78, 5) is 0. The molecule has 1 aromatic heterocycles. The molecule has 3 nitrogen and oxygen atoms in total. The number of hydrogen-bond acceptors (Lipinski definition) is 4. The third-order valence-electron chi connectivity index (χ3n) is 3.50. The van der Waals surface area contributed by atoms with E-state index in [1.54, 1.807) is 0 Å². The Kier molecular flexibility index (Phi) is 4.74. The number of benzene rings is 2. The minimum atomic E-state index is 0.135. The van der Waals surface area contributed by atoms with Crippen LogP contribution in [0.4, 0.5) is 0 Å². The third kappa shape index (κ3) is 3.77. The van der Waals surface area contributed by atoms with Gasteiger partial charge in [0.2, 0.25) is 5.89 Å². The van der Waals surface area contributed by atoms with E-state index >= 15 is 0 Å². The Morgan fingerprint density at radius 2 is 1.74 bits per heavy atom. The first-order valence-electron chi connectivity index (χ1n) is 7.36. The minimum absolute atomic E-state index is 0.135. The molecular weight excluding hydrogens is 328 g/mol. The van der Waals surface area contributed by atoms with Crippen LogP contribution in [-0.4, -0.2) is 10.2 Å². The quantitative estimate of drug-likeness (QED) is 0.555. The smallest absolute Gasteiger partial charge is 0.277 e. The van der Waals surface area contributed by atoms with Gasteiger partial charge >= 0.3 is 0 Å². The normalized spacial score (nSPS) is 12.3. The van der Waals surface area contributed by atoms with Gasteiger partial charge < -0.3 is 4.42 Å². The second-order valence-electron chi connectivity index (χ2n) is 5.53. The molecular formula is C18H17ClN2OS. The summed E-state index contributed by atoms with van der Waals surface area (Å²) in [6.45, 7) is 6.19. The van der Waals surface area contributed by atoms with Crippen molar-refractivity contribution in [3.05, 3.63) is 64.2 Å². The highest BCUT2D eigenvalue weighted by atomic mass is 35.5. The maximum atomic E-state index is 6.24. The molecule has 2 aromatic carbocycles. The summed E-state index contributed by atoms with van der Waals surface area (Å²) in [6.07, 6.45) is 0. The highest BCUT2D eigenvalue weighted by Gasteiger charge is 2.16. The zero-order valence-electron chi connectivity index (χ0n) is 13.2. The molecule has 1 heterocycles. The molecule has 3 aromatic rings. The molecule has 0 aliphatic heterocycles. The first-order valence-corrected chi connectivity index (χ1v) is 8.62. The van der Waals surface area contributed by atoms with Gasteiger partial charge in [0, 0.05) is 15.8 Å². The average molecular weight is 345 g/mol. The van der Waals surface area contributed by atoms with Gasteiger partial charge in [-0.15, -0.1) is 10.2 Å². The van der Waals surface area contributed by atoms with Crippen LogP contribution < -0.4 is 0 Å². The average Bonchev–Trinajstić information content (AvgIpc) is 2.95. The Bertz CT molecular complexity index is 811. The van der Waals surface area contributed by atoms with Crippen molar-refractivity contribution in [3.8, 4) is 11.5 Å². The molecule has 0 saturated heterocycles. The van der Waals surface area contributed by atoms with Crippen LogP contribution in [0.2, 0.25) is 5.02 Å². The van der Waals surface area contributed by atoms with Crippen molar-refractivity contribution in [2.75, 3.05) is 0 Å². The van der Waals surface area contributed by atoms with E-state index in [2.05, 4.69) is 37.0 Å². The number of aromatic nitrogens is 2. The molecule has 0 radical (unpaired) electrons. The number of thioether (sulfide) groups is 1. The van der Waals surface area contributed by atoms with Gasteiger partial charge in [-0.2, -0.15) is 0 Å². The summed E-state index contributed by atoms with van der Waals surface area (Å²) >= 11 is 7.75. The lowest BCUT2D eigenvalue weighted by molar-refractivity contribution is 0.465. The summed E-state index contributed by atoms with van der Waals surface area (Å²) in [5, 5.41) is 9.75. The third-order valence-corrected chi connectivity index (χ3v) is 4.81. The van der Waals surface area contributed by atoms with Crippen molar-refractivity contribution in [2.45, 2.75) is 31.2 Å². The molecule has 0 saturated carbocycles. The Morgan fingerprint density at radius 3 is 2.43 bits per heavy atom. The number of halogens is 1. The van der Waals surface area contributed by atoms with Crippen LogP contribution in [-0.2, 0) is 0 Å². The minimum Gasteiger partial charge on any atom is -0.411 e. The van der Waals surface area contributed by atoms with Crippen molar-refractivity contribution >= 4 is 23.4 Å². The van der Waals surface area contributed by atoms with E-state index in [4.69, 9.17) is 16.0 Å². The lowest BCUT2D eigenvalue weighted by Gasteiger charge is -2.10. The predicted molar refractivity (Wildman–Crippen MR) is 94.9 cm³/mol. The first kappa shape index (κ1) is 16.1. The van der Waals surface area contributed by atoms with Gasteiger partial charge in [0.05, 0.1) is 0 Å². The zero-order valence-corrected chi connectivity index (χ0v) is 14.8. The zero-order chi connectivity index (χ0) is 16.4. The van der Waals surface area contributed by atoms with Crippen LogP contribution in [0, 0.1) is 13.8 Å². The lowest BCUT2D eigenvalue weighted by Crippen LogP contribution is -1.89. The van der Waals surface area contributed by atoms with E-state index < -0.39 is 0 Å². The number of hydrogen-bond donors (Lipinski definition) is 0. The Morgan fingerprint density at radius 1 is 1.04 bits per heavy atom. The molecule has 0 amide bonds. The summed E-state index contributed by atoms with van der Waals surface area (Å²) in [5.74, 6) is 0.547. The van der Waals surface area contributed by atoms with Crippen molar-refractivity contribution in [1.82, 2.24) is 10.2 Å². The largest absolute Gasteiger partial charge is 0.411 e. The van der Waals surface area contributed by atoms with E-state index in [1.165, 1.54) is 22.9 Å². The molecule has 3 rings (SSSR count).